The van der Waals surface area contributed by atoms with Gasteiger partial charge in [0.05, 0.1) is 6.61 Å². The van der Waals surface area contributed by atoms with E-state index in [0.29, 0.717) is 18.4 Å². The molecule has 1 atom stereocenters. The lowest BCUT2D eigenvalue weighted by atomic mass is 9.81. The summed E-state index contributed by atoms with van der Waals surface area (Å²) in [5.74, 6) is 0. The fourth-order valence-corrected chi connectivity index (χ4v) is 4.27. The maximum Gasteiger partial charge on any atom is 0.316 e. The van der Waals surface area contributed by atoms with Crippen LogP contribution in [-0.2, 0) is 28.5 Å². The summed E-state index contributed by atoms with van der Waals surface area (Å²) in [4.78, 5) is 8.61. The van der Waals surface area contributed by atoms with Gasteiger partial charge in [0, 0.05) is 11.6 Å². The normalized spacial score (nSPS) is 12.8. The Morgan fingerprint density at radius 2 is 1.83 bits per heavy atom. The van der Waals surface area contributed by atoms with E-state index in [-0.39, 0.29) is 0 Å². The molecule has 0 aromatic heterocycles. The van der Waals surface area contributed by atoms with Crippen LogP contribution in [0.3, 0.4) is 0 Å². The summed E-state index contributed by atoms with van der Waals surface area (Å²) in [5, 5.41) is 4.13. The van der Waals surface area contributed by atoms with E-state index in [1.54, 1.807) is 0 Å². The Labute approximate surface area is 187 Å². The fourth-order valence-electron chi connectivity index (χ4n) is 3.65. The standard InChI is InChI=1S/C24H35ClNO3P/c1-24(2,18-20-9-4-3-5-10-20)14-7-6-11-22-13-12-21(17-23(22)25)19-26-15-8-16-29-30(27)28/h3-5,9-10,12-13,17,26,30H,6-8,11,14-16,18-19H2,1-2H3,(H,27,28). The predicted molar refractivity (Wildman–Crippen MR) is 126 cm³/mol. The molecule has 2 N–H and O–H groups in total. The van der Waals surface area contributed by atoms with Gasteiger partial charge < -0.3 is 14.7 Å². The lowest BCUT2D eigenvalue weighted by Crippen LogP contribution is -2.16. The third kappa shape index (κ3) is 10.2. The lowest BCUT2D eigenvalue weighted by molar-refractivity contribution is 0.276. The van der Waals surface area contributed by atoms with Crippen molar-refractivity contribution < 1.29 is 14.0 Å². The molecule has 0 saturated carbocycles. The molecule has 0 fully saturated rings. The van der Waals surface area contributed by atoms with E-state index in [1.165, 1.54) is 24.0 Å². The molecule has 0 saturated heterocycles. The highest BCUT2D eigenvalue weighted by molar-refractivity contribution is 7.32. The molecule has 2 aromatic carbocycles. The molecule has 0 spiro atoms. The van der Waals surface area contributed by atoms with Crippen LogP contribution in [0.1, 0.15) is 56.2 Å². The van der Waals surface area contributed by atoms with Crippen molar-refractivity contribution in [2.24, 2.45) is 5.41 Å². The van der Waals surface area contributed by atoms with Gasteiger partial charge in [-0.3, -0.25) is 4.57 Å². The Balaban J connectivity index is 1.67. The summed E-state index contributed by atoms with van der Waals surface area (Å²) in [6, 6.07) is 17.0. The van der Waals surface area contributed by atoms with Crippen molar-refractivity contribution in [3.05, 3.63) is 70.2 Å². The molecule has 30 heavy (non-hydrogen) atoms. The van der Waals surface area contributed by atoms with Crippen LogP contribution in [0.2, 0.25) is 5.02 Å². The number of benzene rings is 2. The van der Waals surface area contributed by atoms with Crippen molar-refractivity contribution in [3.63, 3.8) is 0 Å². The van der Waals surface area contributed by atoms with Crippen LogP contribution in [0.5, 0.6) is 0 Å². The van der Waals surface area contributed by atoms with Crippen molar-refractivity contribution in [1.82, 2.24) is 5.32 Å². The second-order valence-electron chi connectivity index (χ2n) is 8.60. The second-order valence-corrected chi connectivity index (χ2v) is 9.83. The first-order chi connectivity index (χ1) is 14.4. The zero-order valence-electron chi connectivity index (χ0n) is 18.1. The molecule has 0 bridgehead atoms. The Bertz CT molecular complexity index is 783. The van der Waals surface area contributed by atoms with Crippen molar-refractivity contribution in [1.29, 1.82) is 0 Å². The summed E-state index contributed by atoms with van der Waals surface area (Å²) in [7, 11) is -2.81. The van der Waals surface area contributed by atoms with Gasteiger partial charge in [-0.05, 0) is 66.8 Å². The van der Waals surface area contributed by atoms with Gasteiger partial charge in [-0.25, -0.2) is 0 Å². The summed E-state index contributed by atoms with van der Waals surface area (Å²) in [5.41, 5.74) is 4.07. The van der Waals surface area contributed by atoms with Gasteiger partial charge in [-0.2, -0.15) is 0 Å². The molecule has 0 amide bonds. The van der Waals surface area contributed by atoms with E-state index in [9.17, 15) is 4.57 Å². The summed E-state index contributed by atoms with van der Waals surface area (Å²) in [6.45, 7) is 6.45. The number of aryl methyl sites for hydroxylation is 1. The minimum atomic E-state index is -2.81. The van der Waals surface area contributed by atoms with Gasteiger partial charge in [0.15, 0.2) is 0 Å². The lowest BCUT2D eigenvalue weighted by Gasteiger charge is -2.24. The van der Waals surface area contributed by atoms with E-state index in [0.717, 1.165) is 42.9 Å². The molecule has 2 aromatic rings. The van der Waals surface area contributed by atoms with E-state index >= 15 is 0 Å². The van der Waals surface area contributed by atoms with Crippen LogP contribution in [0.15, 0.2) is 48.5 Å². The first kappa shape index (κ1) is 25.1. The van der Waals surface area contributed by atoms with Crippen LogP contribution in [0.25, 0.3) is 0 Å². The van der Waals surface area contributed by atoms with Crippen molar-refractivity contribution in [2.75, 3.05) is 13.2 Å². The highest BCUT2D eigenvalue weighted by Crippen LogP contribution is 2.29. The monoisotopic (exact) mass is 451 g/mol. The molecule has 0 aliphatic carbocycles. The van der Waals surface area contributed by atoms with E-state index < -0.39 is 8.25 Å². The number of halogens is 1. The van der Waals surface area contributed by atoms with E-state index in [4.69, 9.17) is 16.5 Å². The summed E-state index contributed by atoms with van der Waals surface area (Å²) in [6.07, 6.45) is 6.36. The molecule has 6 heteroatoms. The minimum Gasteiger partial charge on any atom is -0.326 e. The average Bonchev–Trinajstić information content (AvgIpc) is 2.69. The molecule has 1 unspecified atom stereocenters. The maximum atomic E-state index is 10.5. The van der Waals surface area contributed by atoms with Crippen molar-refractivity contribution in [3.8, 4) is 0 Å². The highest BCUT2D eigenvalue weighted by atomic mass is 35.5. The summed E-state index contributed by atoms with van der Waals surface area (Å²) >= 11 is 6.50. The van der Waals surface area contributed by atoms with E-state index in [2.05, 4.69) is 66.2 Å². The molecule has 166 valence electrons. The van der Waals surface area contributed by atoms with Crippen molar-refractivity contribution >= 4 is 19.9 Å². The first-order valence-electron chi connectivity index (χ1n) is 10.7. The Hall–Kier alpha value is -1.16. The van der Waals surface area contributed by atoms with Crippen LogP contribution in [-0.4, -0.2) is 18.0 Å². The van der Waals surface area contributed by atoms with Gasteiger partial charge >= 0.3 is 8.25 Å². The molecule has 4 nitrogen and oxygen atoms in total. The number of hydrogen-bond acceptors (Lipinski definition) is 3. The smallest absolute Gasteiger partial charge is 0.316 e. The largest absolute Gasteiger partial charge is 0.326 e. The third-order valence-corrected chi connectivity index (χ3v) is 6.05. The molecular formula is C24H35ClNO3P. The van der Waals surface area contributed by atoms with Crippen LogP contribution in [0.4, 0.5) is 0 Å². The first-order valence-corrected chi connectivity index (χ1v) is 12.4. The third-order valence-electron chi connectivity index (χ3n) is 5.25. The van der Waals surface area contributed by atoms with Crippen LogP contribution in [0, 0.1) is 5.41 Å². The van der Waals surface area contributed by atoms with Gasteiger partial charge in [0.2, 0.25) is 0 Å². The molecule has 0 heterocycles. The predicted octanol–water partition coefficient (Wildman–Crippen LogP) is 6.20. The van der Waals surface area contributed by atoms with Gasteiger partial charge in [0.25, 0.3) is 0 Å². The molecule has 0 aliphatic heterocycles. The van der Waals surface area contributed by atoms with Crippen LogP contribution < -0.4 is 5.32 Å². The molecule has 2 rings (SSSR count). The fraction of sp³-hybridized carbons (Fsp3) is 0.500. The Morgan fingerprint density at radius 3 is 2.53 bits per heavy atom. The van der Waals surface area contributed by atoms with Crippen LogP contribution >= 0.6 is 19.9 Å². The Kier molecular flexibility index (Phi) is 11.1. The van der Waals surface area contributed by atoms with Gasteiger partial charge in [-0.1, -0.05) is 74.3 Å². The van der Waals surface area contributed by atoms with E-state index in [1.807, 2.05) is 6.07 Å². The maximum absolute atomic E-state index is 10.5. The zero-order chi connectivity index (χ0) is 21.8. The number of nitrogens with one attached hydrogen (secondary N) is 1. The SMILES string of the molecule is CC(C)(CCCCc1ccc(CNCCCO[PH](=O)O)cc1Cl)Cc1ccccc1. The van der Waals surface area contributed by atoms with Crippen molar-refractivity contribution in [2.45, 2.75) is 58.9 Å². The Morgan fingerprint density at radius 1 is 1.07 bits per heavy atom. The molecule has 0 radical (unpaired) electrons. The number of rotatable bonds is 14. The number of unbranched alkanes of at least 4 members (excludes halogenated alkanes) is 1. The zero-order valence-corrected chi connectivity index (χ0v) is 19.9. The highest BCUT2D eigenvalue weighted by Gasteiger charge is 2.18. The molecular weight excluding hydrogens is 417 g/mol. The minimum absolute atomic E-state index is 0.295. The quantitative estimate of drug-likeness (QED) is 0.265. The van der Waals surface area contributed by atoms with Gasteiger partial charge in [0.1, 0.15) is 0 Å². The number of hydrogen-bond donors (Lipinski definition) is 2. The topological polar surface area (TPSA) is 58.6 Å². The summed E-state index contributed by atoms with van der Waals surface area (Å²) < 4.78 is 15.1. The average molecular weight is 452 g/mol. The molecule has 0 aliphatic rings. The van der Waals surface area contributed by atoms with Gasteiger partial charge in [-0.15, -0.1) is 0 Å². The second kappa shape index (κ2) is 13.3.